The van der Waals surface area contributed by atoms with Crippen LogP contribution in [0.4, 0.5) is 0 Å². The van der Waals surface area contributed by atoms with Gasteiger partial charge in [0.05, 0.1) is 5.69 Å². The molecule has 174 valence electrons. The molecule has 6 aliphatic heterocycles. The number of aromatic nitrogens is 1. The quantitative estimate of drug-likeness (QED) is 0.485. The van der Waals surface area contributed by atoms with E-state index >= 15 is 0 Å². The van der Waals surface area contributed by atoms with Crippen molar-refractivity contribution in [2.45, 2.75) is 112 Å². The number of ketones is 1. The molecule has 0 unspecified atom stereocenters. The monoisotopic (exact) mass is 470 g/mol. The summed E-state index contributed by atoms with van der Waals surface area (Å²) in [4.78, 5) is 16.9. The van der Waals surface area contributed by atoms with Gasteiger partial charge in [-0.05, 0) is 82.3 Å². The standard InChI is InChI=1S/C27H38N2OS2/c1-18-14-21-4-2-9-26(10-3-5-22(15-18)29(21)26)17-19-16-20-8-11-27(31-12-13-32-27)24-7-6-23(25(19)30)28(20)24/h6-7,18-22H,2-5,8-17H2,1H3/t18?,19-,20-,21-,22-,26?/m0/s1. The van der Waals surface area contributed by atoms with Crippen molar-refractivity contribution < 1.29 is 4.79 Å². The minimum Gasteiger partial charge on any atom is -0.337 e. The summed E-state index contributed by atoms with van der Waals surface area (Å²) in [6, 6.07) is 6.67. The fraction of sp³-hybridized carbons (Fsp3) is 0.815. The SMILES string of the molecule is CC1C[C@@H]2CCCC3(C[C@@H]4C[C@@H]5CCC6(SCCS6)c6ccc(n65)C4=O)CCC[C@@H](C1)N23. The Bertz CT molecular complexity index is 899. The van der Waals surface area contributed by atoms with Crippen LogP contribution in [0.5, 0.6) is 0 Å². The summed E-state index contributed by atoms with van der Waals surface area (Å²) in [5.41, 5.74) is 2.83. The lowest BCUT2D eigenvalue weighted by atomic mass is 9.65. The molecule has 4 saturated heterocycles. The van der Waals surface area contributed by atoms with Gasteiger partial charge in [-0.15, -0.1) is 23.5 Å². The molecule has 3 nitrogen and oxygen atoms in total. The van der Waals surface area contributed by atoms with Crippen molar-refractivity contribution in [3.63, 3.8) is 0 Å². The maximum absolute atomic E-state index is 13.9. The van der Waals surface area contributed by atoms with Crippen LogP contribution in [0.15, 0.2) is 12.1 Å². The van der Waals surface area contributed by atoms with Crippen molar-refractivity contribution in [1.29, 1.82) is 0 Å². The summed E-state index contributed by atoms with van der Waals surface area (Å²) in [6.07, 6.45) is 15.8. The van der Waals surface area contributed by atoms with Crippen LogP contribution in [0, 0.1) is 11.8 Å². The van der Waals surface area contributed by atoms with Gasteiger partial charge in [-0.3, -0.25) is 9.69 Å². The smallest absolute Gasteiger partial charge is 0.182 e. The largest absolute Gasteiger partial charge is 0.337 e. The Morgan fingerprint density at radius 3 is 2.38 bits per heavy atom. The Kier molecular flexibility index (Phi) is 4.94. The molecule has 0 aromatic carbocycles. The molecule has 7 heterocycles. The molecule has 0 N–H and O–H groups in total. The molecule has 7 rings (SSSR count). The highest BCUT2D eigenvalue weighted by Crippen LogP contribution is 2.60. The lowest BCUT2D eigenvalue weighted by Gasteiger charge is -2.62. The molecular formula is C27H38N2OS2. The average Bonchev–Trinajstić information content (AvgIpc) is 3.43. The van der Waals surface area contributed by atoms with Gasteiger partial charge in [0, 0.05) is 46.8 Å². The third-order valence-electron chi connectivity index (χ3n) is 10.1. The van der Waals surface area contributed by atoms with Gasteiger partial charge in [-0.25, -0.2) is 0 Å². The summed E-state index contributed by atoms with van der Waals surface area (Å²) >= 11 is 4.27. The van der Waals surface area contributed by atoms with Gasteiger partial charge >= 0.3 is 0 Å². The van der Waals surface area contributed by atoms with Gasteiger partial charge in [0.2, 0.25) is 0 Å². The number of carbonyl (C=O) groups excluding carboxylic acids is 1. The van der Waals surface area contributed by atoms with E-state index in [4.69, 9.17) is 0 Å². The van der Waals surface area contributed by atoms with Crippen LogP contribution >= 0.6 is 23.5 Å². The van der Waals surface area contributed by atoms with E-state index < -0.39 is 0 Å². The van der Waals surface area contributed by atoms with Crippen molar-refractivity contribution in [1.82, 2.24) is 9.47 Å². The van der Waals surface area contributed by atoms with E-state index in [2.05, 4.69) is 52.0 Å². The Hall–Kier alpha value is -0.390. The second-order valence-electron chi connectivity index (χ2n) is 11.9. The molecular weight excluding hydrogens is 432 g/mol. The molecule has 6 aliphatic rings. The highest BCUT2D eigenvalue weighted by molar-refractivity contribution is 8.20. The highest BCUT2D eigenvalue weighted by Gasteiger charge is 2.54. The number of Topliss-reactive ketones (excluding diaryl/α,β-unsaturated/α-hetero) is 1. The first-order chi connectivity index (χ1) is 15.6. The molecule has 0 saturated carbocycles. The highest BCUT2D eigenvalue weighted by atomic mass is 32.2. The van der Waals surface area contributed by atoms with Crippen molar-refractivity contribution >= 4 is 29.3 Å². The molecule has 4 fully saturated rings. The molecule has 0 radical (unpaired) electrons. The van der Waals surface area contributed by atoms with Crippen LogP contribution in [-0.4, -0.2) is 44.4 Å². The lowest BCUT2D eigenvalue weighted by Crippen LogP contribution is -2.65. The first kappa shape index (κ1) is 20.9. The predicted molar refractivity (Wildman–Crippen MR) is 135 cm³/mol. The predicted octanol–water partition coefficient (Wildman–Crippen LogP) is 6.62. The fourth-order valence-corrected chi connectivity index (χ4v) is 12.4. The van der Waals surface area contributed by atoms with E-state index in [1.807, 2.05) is 0 Å². The summed E-state index contributed by atoms with van der Waals surface area (Å²) in [7, 11) is 0. The Labute approximate surface area is 201 Å². The molecule has 1 spiro atoms. The van der Waals surface area contributed by atoms with E-state index in [1.54, 1.807) is 0 Å². The number of nitrogens with zero attached hydrogens (tertiary/aromatic N) is 2. The number of fused-ring (bicyclic) bond motifs is 1. The van der Waals surface area contributed by atoms with Gasteiger partial charge in [0.15, 0.2) is 5.78 Å². The summed E-state index contributed by atoms with van der Waals surface area (Å²) in [6.45, 7) is 2.48. The van der Waals surface area contributed by atoms with Gasteiger partial charge in [0.25, 0.3) is 0 Å². The average molecular weight is 471 g/mol. The topological polar surface area (TPSA) is 25.2 Å². The van der Waals surface area contributed by atoms with E-state index in [1.165, 1.54) is 81.4 Å². The van der Waals surface area contributed by atoms with E-state index in [9.17, 15) is 4.79 Å². The first-order valence-electron chi connectivity index (χ1n) is 13.4. The van der Waals surface area contributed by atoms with Crippen LogP contribution in [-0.2, 0) is 4.08 Å². The number of rotatable bonds is 2. The van der Waals surface area contributed by atoms with Gasteiger partial charge < -0.3 is 4.57 Å². The Morgan fingerprint density at radius 1 is 0.938 bits per heavy atom. The summed E-state index contributed by atoms with van der Waals surface area (Å²) in [5, 5.41) is 0. The zero-order valence-corrected chi connectivity index (χ0v) is 21.2. The van der Waals surface area contributed by atoms with Crippen LogP contribution in [0.1, 0.15) is 106 Å². The molecule has 0 aliphatic carbocycles. The second kappa shape index (κ2) is 7.55. The van der Waals surface area contributed by atoms with E-state index in [-0.39, 0.29) is 10.00 Å². The van der Waals surface area contributed by atoms with Crippen LogP contribution in [0.3, 0.4) is 0 Å². The third kappa shape index (κ3) is 2.95. The normalized spacial score (nSPS) is 42.7. The summed E-state index contributed by atoms with van der Waals surface area (Å²) < 4.78 is 2.75. The van der Waals surface area contributed by atoms with Crippen molar-refractivity contribution in [3.8, 4) is 0 Å². The van der Waals surface area contributed by atoms with Crippen molar-refractivity contribution in [3.05, 3.63) is 23.5 Å². The molecule has 4 atom stereocenters. The van der Waals surface area contributed by atoms with E-state index in [0.717, 1.165) is 36.5 Å². The molecule has 32 heavy (non-hydrogen) atoms. The zero-order chi connectivity index (χ0) is 21.5. The van der Waals surface area contributed by atoms with Crippen molar-refractivity contribution in [2.24, 2.45) is 11.8 Å². The minimum atomic E-state index is 0.234. The van der Waals surface area contributed by atoms with Crippen LogP contribution < -0.4 is 0 Å². The van der Waals surface area contributed by atoms with Gasteiger partial charge in [-0.1, -0.05) is 19.8 Å². The molecule has 1 aromatic heterocycles. The molecule has 0 amide bonds. The second-order valence-corrected chi connectivity index (χ2v) is 15.0. The van der Waals surface area contributed by atoms with Crippen molar-refractivity contribution in [2.75, 3.05) is 11.5 Å². The number of piperidine rings is 3. The number of carbonyl (C=O) groups is 1. The Balaban J connectivity index is 1.20. The molecule has 1 aromatic rings. The maximum Gasteiger partial charge on any atom is 0.182 e. The Morgan fingerprint density at radius 2 is 1.66 bits per heavy atom. The fourth-order valence-electron chi connectivity index (χ4n) is 9.08. The van der Waals surface area contributed by atoms with Gasteiger partial charge in [-0.2, -0.15) is 0 Å². The molecule has 0 bridgehead atoms. The van der Waals surface area contributed by atoms with E-state index in [0.29, 0.717) is 17.4 Å². The summed E-state index contributed by atoms with van der Waals surface area (Å²) in [5.74, 6) is 4.11. The maximum atomic E-state index is 13.9. The molecule has 5 heteroatoms. The zero-order valence-electron chi connectivity index (χ0n) is 19.6. The first-order valence-corrected chi connectivity index (χ1v) is 15.4. The van der Waals surface area contributed by atoms with Crippen LogP contribution in [0.2, 0.25) is 0 Å². The number of hydrogen-bond donors (Lipinski definition) is 0. The minimum absolute atomic E-state index is 0.234. The third-order valence-corrected chi connectivity index (χ3v) is 13.6. The van der Waals surface area contributed by atoms with Gasteiger partial charge in [0.1, 0.15) is 4.08 Å². The van der Waals surface area contributed by atoms with Crippen LogP contribution in [0.25, 0.3) is 0 Å². The lowest BCUT2D eigenvalue weighted by molar-refractivity contribution is -0.110. The number of thioether (sulfide) groups is 2. The number of hydrogen-bond acceptors (Lipinski definition) is 4.